The van der Waals surface area contributed by atoms with Crippen LogP contribution in [-0.4, -0.2) is 45.5 Å². The van der Waals surface area contributed by atoms with Crippen molar-refractivity contribution in [2.75, 3.05) is 20.2 Å². The van der Waals surface area contributed by atoms with Crippen LogP contribution in [0.15, 0.2) is 29.2 Å². The summed E-state index contributed by atoms with van der Waals surface area (Å²) >= 11 is 0. The molecular weight excluding hydrogens is 352 g/mol. The topological polar surface area (TPSA) is 75.7 Å². The van der Waals surface area contributed by atoms with Crippen LogP contribution in [0, 0.1) is 0 Å². The van der Waals surface area contributed by atoms with E-state index in [1.807, 2.05) is 14.0 Å². The van der Waals surface area contributed by atoms with Gasteiger partial charge >= 0.3 is 0 Å². The van der Waals surface area contributed by atoms with Crippen molar-refractivity contribution in [3.05, 3.63) is 24.3 Å². The van der Waals surface area contributed by atoms with E-state index in [1.165, 1.54) is 25.0 Å². The predicted molar refractivity (Wildman–Crippen MR) is 102 cm³/mol. The summed E-state index contributed by atoms with van der Waals surface area (Å²) in [7, 11) is -1.79. The number of benzene rings is 1. The number of ether oxygens (including phenoxy) is 1. The van der Waals surface area contributed by atoms with Gasteiger partial charge in [-0.25, -0.2) is 13.1 Å². The molecule has 0 aromatic heterocycles. The van der Waals surface area contributed by atoms with Crippen molar-refractivity contribution in [3.8, 4) is 5.75 Å². The summed E-state index contributed by atoms with van der Waals surface area (Å²) in [6.45, 7) is 2.50. The number of amides is 1. The Morgan fingerprint density at radius 3 is 2.35 bits per heavy atom. The highest BCUT2D eigenvalue weighted by molar-refractivity contribution is 7.89. The van der Waals surface area contributed by atoms with Crippen molar-refractivity contribution in [2.24, 2.45) is 0 Å². The second kappa shape index (κ2) is 9.92. The molecule has 1 aliphatic rings. The normalized spacial score (nSPS) is 16.1. The summed E-state index contributed by atoms with van der Waals surface area (Å²) in [6.07, 6.45) is 7.05. The molecule has 0 unspecified atom stereocenters. The van der Waals surface area contributed by atoms with Crippen LogP contribution in [0.4, 0.5) is 0 Å². The molecule has 1 N–H and O–H groups in total. The zero-order chi connectivity index (χ0) is 19.0. The van der Waals surface area contributed by atoms with E-state index in [0.29, 0.717) is 12.4 Å². The first-order valence-corrected chi connectivity index (χ1v) is 10.9. The third kappa shape index (κ3) is 5.99. The van der Waals surface area contributed by atoms with Gasteiger partial charge in [0.1, 0.15) is 5.75 Å². The van der Waals surface area contributed by atoms with Gasteiger partial charge in [0.15, 0.2) is 0 Å². The van der Waals surface area contributed by atoms with E-state index in [2.05, 4.69) is 4.72 Å². The zero-order valence-electron chi connectivity index (χ0n) is 15.7. The molecule has 1 saturated carbocycles. The Kier molecular flexibility index (Phi) is 7.90. The van der Waals surface area contributed by atoms with Crippen LogP contribution >= 0.6 is 0 Å². The maximum atomic E-state index is 12.4. The molecule has 0 heterocycles. The average molecular weight is 383 g/mol. The zero-order valence-corrected chi connectivity index (χ0v) is 16.6. The summed E-state index contributed by atoms with van der Waals surface area (Å²) in [5.41, 5.74) is 0. The highest BCUT2D eigenvalue weighted by Gasteiger charge is 2.21. The number of nitrogens with one attached hydrogen (secondary N) is 1. The second-order valence-electron chi connectivity index (χ2n) is 6.70. The van der Waals surface area contributed by atoms with Crippen molar-refractivity contribution in [1.29, 1.82) is 0 Å². The van der Waals surface area contributed by atoms with Gasteiger partial charge in [-0.2, -0.15) is 0 Å². The van der Waals surface area contributed by atoms with Gasteiger partial charge in [-0.3, -0.25) is 4.79 Å². The van der Waals surface area contributed by atoms with Gasteiger partial charge in [0.2, 0.25) is 15.9 Å². The van der Waals surface area contributed by atoms with E-state index in [9.17, 15) is 13.2 Å². The lowest BCUT2D eigenvalue weighted by molar-refractivity contribution is -0.132. The van der Waals surface area contributed by atoms with Crippen LogP contribution in [0.3, 0.4) is 0 Å². The smallest absolute Gasteiger partial charge is 0.240 e. The Hall–Kier alpha value is -1.60. The molecule has 0 aliphatic heterocycles. The molecule has 0 saturated heterocycles. The predicted octanol–water partition coefficient (Wildman–Crippen LogP) is 2.93. The highest BCUT2D eigenvalue weighted by Crippen LogP contribution is 2.21. The first kappa shape index (κ1) is 20.7. The summed E-state index contributed by atoms with van der Waals surface area (Å²) < 4.78 is 32.5. The Balaban J connectivity index is 1.84. The van der Waals surface area contributed by atoms with E-state index in [1.54, 1.807) is 17.0 Å². The number of hydrogen-bond acceptors (Lipinski definition) is 4. The SMILES string of the molecule is CCOc1ccc(S(=O)(=O)NCCC(=O)N(C)C2CCCCCC2)cc1. The number of nitrogens with zero attached hydrogens (tertiary/aromatic N) is 1. The number of hydrogen-bond donors (Lipinski definition) is 1. The Labute approximate surface area is 157 Å². The molecule has 1 aromatic rings. The first-order chi connectivity index (χ1) is 12.4. The van der Waals surface area contributed by atoms with Crippen molar-refractivity contribution < 1.29 is 17.9 Å². The third-order valence-electron chi connectivity index (χ3n) is 4.84. The lowest BCUT2D eigenvalue weighted by Crippen LogP contribution is -2.38. The van der Waals surface area contributed by atoms with Gasteiger partial charge in [-0.05, 0) is 44.0 Å². The first-order valence-electron chi connectivity index (χ1n) is 9.42. The van der Waals surface area contributed by atoms with Crippen LogP contribution in [0.1, 0.15) is 51.9 Å². The molecule has 6 nitrogen and oxygen atoms in total. The number of carbonyl (C=O) groups excluding carboxylic acids is 1. The van der Waals surface area contributed by atoms with E-state index in [4.69, 9.17) is 4.74 Å². The molecule has 146 valence electrons. The molecule has 1 fully saturated rings. The molecule has 26 heavy (non-hydrogen) atoms. The molecule has 1 aromatic carbocycles. The minimum Gasteiger partial charge on any atom is -0.494 e. The number of sulfonamides is 1. The average Bonchev–Trinajstić information content (AvgIpc) is 2.91. The molecule has 0 bridgehead atoms. The summed E-state index contributed by atoms with van der Waals surface area (Å²) in [6, 6.07) is 6.55. The summed E-state index contributed by atoms with van der Waals surface area (Å²) in [4.78, 5) is 14.3. The highest BCUT2D eigenvalue weighted by atomic mass is 32.2. The Morgan fingerprint density at radius 1 is 1.15 bits per heavy atom. The fraction of sp³-hybridized carbons (Fsp3) is 0.632. The van der Waals surface area contributed by atoms with E-state index < -0.39 is 10.0 Å². The standard InChI is InChI=1S/C19H30N2O4S/c1-3-25-17-10-12-18(13-11-17)26(23,24)20-15-14-19(22)21(2)16-8-6-4-5-7-9-16/h10-13,16,20H,3-9,14-15H2,1-2H3. The second-order valence-corrected chi connectivity index (χ2v) is 8.47. The molecule has 0 spiro atoms. The van der Waals surface area contributed by atoms with E-state index in [0.717, 1.165) is 25.7 Å². The molecule has 7 heteroatoms. The van der Waals surface area contributed by atoms with Crippen LogP contribution < -0.4 is 9.46 Å². The fourth-order valence-electron chi connectivity index (χ4n) is 3.28. The monoisotopic (exact) mass is 382 g/mol. The lowest BCUT2D eigenvalue weighted by Gasteiger charge is -2.27. The maximum Gasteiger partial charge on any atom is 0.240 e. The lowest BCUT2D eigenvalue weighted by atomic mass is 10.1. The largest absolute Gasteiger partial charge is 0.494 e. The van der Waals surface area contributed by atoms with Crippen LogP contribution in [0.2, 0.25) is 0 Å². The van der Waals surface area contributed by atoms with Gasteiger partial charge < -0.3 is 9.64 Å². The number of rotatable bonds is 8. The van der Waals surface area contributed by atoms with Gasteiger partial charge in [0, 0.05) is 26.1 Å². The Bertz CT molecular complexity index is 665. The summed E-state index contributed by atoms with van der Waals surface area (Å²) in [5.74, 6) is 0.623. The van der Waals surface area contributed by atoms with Crippen molar-refractivity contribution in [2.45, 2.75) is 62.8 Å². The van der Waals surface area contributed by atoms with Crippen LogP contribution in [0.25, 0.3) is 0 Å². The van der Waals surface area contributed by atoms with Crippen molar-refractivity contribution >= 4 is 15.9 Å². The molecule has 2 rings (SSSR count). The minimum absolute atomic E-state index is 0.00806. The molecule has 0 atom stereocenters. The Morgan fingerprint density at radius 2 is 1.77 bits per heavy atom. The van der Waals surface area contributed by atoms with Crippen molar-refractivity contribution in [1.82, 2.24) is 9.62 Å². The maximum absolute atomic E-state index is 12.4. The van der Waals surface area contributed by atoms with Gasteiger partial charge in [-0.1, -0.05) is 25.7 Å². The quantitative estimate of drug-likeness (QED) is 0.702. The van der Waals surface area contributed by atoms with E-state index in [-0.39, 0.29) is 29.8 Å². The fourth-order valence-corrected chi connectivity index (χ4v) is 4.31. The summed E-state index contributed by atoms with van der Waals surface area (Å²) in [5, 5.41) is 0. The molecular formula is C19H30N2O4S. The third-order valence-corrected chi connectivity index (χ3v) is 6.32. The van der Waals surface area contributed by atoms with Crippen molar-refractivity contribution in [3.63, 3.8) is 0 Å². The molecule has 1 amide bonds. The van der Waals surface area contributed by atoms with Gasteiger partial charge in [-0.15, -0.1) is 0 Å². The number of carbonyl (C=O) groups is 1. The molecule has 1 aliphatic carbocycles. The van der Waals surface area contributed by atoms with Gasteiger partial charge in [0.05, 0.1) is 11.5 Å². The van der Waals surface area contributed by atoms with Crippen LogP contribution in [0.5, 0.6) is 5.75 Å². The molecule has 0 radical (unpaired) electrons. The van der Waals surface area contributed by atoms with Gasteiger partial charge in [0.25, 0.3) is 0 Å². The minimum atomic E-state index is -3.62. The van der Waals surface area contributed by atoms with E-state index >= 15 is 0 Å². The van der Waals surface area contributed by atoms with Crippen LogP contribution in [-0.2, 0) is 14.8 Å².